The Hall–Kier alpha value is -0.370. The number of allylic oxidation sites excluding steroid dienone is 3. The van der Waals surface area contributed by atoms with Crippen LogP contribution in [0, 0.1) is 23.7 Å². The van der Waals surface area contributed by atoms with Crippen molar-refractivity contribution in [2.24, 2.45) is 23.7 Å². The van der Waals surface area contributed by atoms with E-state index in [4.69, 9.17) is 0 Å². The van der Waals surface area contributed by atoms with Crippen molar-refractivity contribution in [2.75, 3.05) is 6.54 Å². The van der Waals surface area contributed by atoms with E-state index in [-0.39, 0.29) is 0 Å². The van der Waals surface area contributed by atoms with Gasteiger partial charge in [0.15, 0.2) is 0 Å². The third-order valence-corrected chi connectivity index (χ3v) is 6.32. The molecule has 1 saturated carbocycles. The van der Waals surface area contributed by atoms with Crippen molar-refractivity contribution in [3.63, 3.8) is 0 Å². The molecule has 0 heterocycles. The van der Waals surface area contributed by atoms with Crippen LogP contribution in [0.1, 0.15) is 67.2 Å². The van der Waals surface area contributed by atoms with Gasteiger partial charge < -0.3 is 5.32 Å². The standard InChI is InChI=1S/C19H35NS/c1-8-12-20-18(17-11-10-15(17)6)19(13(3)4)21-16(7)14(5)9-2/h13-15,17,20H,7-12H2,1-6H3/b19-18-. The van der Waals surface area contributed by atoms with E-state index in [1.807, 2.05) is 11.8 Å². The highest BCUT2D eigenvalue weighted by Crippen LogP contribution is 2.45. The lowest BCUT2D eigenvalue weighted by atomic mass is 9.72. The van der Waals surface area contributed by atoms with E-state index in [1.165, 1.54) is 41.2 Å². The maximum atomic E-state index is 4.33. The van der Waals surface area contributed by atoms with Gasteiger partial charge in [0, 0.05) is 23.1 Å². The largest absolute Gasteiger partial charge is 0.387 e. The Labute approximate surface area is 137 Å². The fourth-order valence-corrected chi connectivity index (χ4v) is 3.93. The van der Waals surface area contributed by atoms with Crippen LogP contribution in [-0.4, -0.2) is 6.54 Å². The lowest BCUT2D eigenvalue weighted by Gasteiger charge is -2.38. The molecule has 0 bridgehead atoms. The predicted molar refractivity (Wildman–Crippen MR) is 98.2 cm³/mol. The highest BCUT2D eigenvalue weighted by Gasteiger charge is 2.32. The monoisotopic (exact) mass is 309 g/mol. The van der Waals surface area contributed by atoms with Gasteiger partial charge in [0.25, 0.3) is 0 Å². The van der Waals surface area contributed by atoms with Gasteiger partial charge in [-0.05, 0) is 48.3 Å². The van der Waals surface area contributed by atoms with Gasteiger partial charge in [-0.25, -0.2) is 0 Å². The third-order valence-electron chi connectivity index (χ3n) is 4.75. The maximum Gasteiger partial charge on any atom is 0.0243 e. The molecular weight excluding hydrogens is 274 g/mol. The fraction of sp³-hybridized carbons (Fsp3) is 0.789. The van der Waals surface area contributed by atoms with Crippen molar-refractivity contribution < 1.29 is 0 Å². The molecule has 0 saturated heterocycles. The maximum absolute atomic E-state index is 4.33. The minimum atomic E-state index is 0.572. The second-order valence-corrected chi connectivity index (χ2v) is 8.07. The molecule has 1 N–H and O–H groups in total. The van der Waals surface area contributed by atoms with Crippen LogP contribution in [0.5, 0.6) is 0 Å². The van der Waals surface area contributed by atoms with E-state index in [0.717, 1.165) is 18.4 Å². The molecule has 1 aliphatic carbocycles. The zero-order valence-electron chi connectivity index (χ0n) is 15.0. The predicted octanol–water partition coefficient (Wildman–Crippen LogP) is 6.19. The average molecular weight is 310 g/mol. The van der Waals surface area contributed by atoms with E-state index >= 15 is 0 Å². The van der Waals surface area contributed by atoms with Crippen LogP contribution in [0.4, 0.5) is 0 Å². The van der Waals surface area contributed by atoms with Crippen molar-refractivity contribution in [1.29, 1.82) is 0 Å². The molecule has 0 radical (unpaired) electrons. The Bertz CT molecular complexity index is 370. The molecular formula is C19H35NS. The SMILES string of the molecule is C=C(S/C(=C(\NCCC)C1CCC1C)C(C)C)C(C)CC. The van der Waals surface area contributed by atoms with E-state index in [9.17, 15) is 0 Å². The van der Waals surface area contributed by atoms with Crippen LogP contribution < -0.4 is 5.32 Å². The van der Waals surface area contributed by atoms with Gasteiger partial charge in [-0.2, -0.15) is 0 Å². The van der Waals surface area contributed by atoms with Gasteiger partial charge in [0.1, 0.15) is 0 Å². The summed E-state index contributed by atoms with van der Waals surface area (Å²) in [5.74, 6) is 2.74. The highest BCUT2D eigenvalue weighted by molar-refractivity contribution is 8.06. The Morgan fingerprint density at radius 3 is 2.29 bits per heavy atom. The number of hydrogen-bond acceptors (Lipinski definition) is 2. The van der Waals surface area contributed by atoms with Gasteiger partial charge in [0.2, 0.25) is 0 Å². The highest BCUT2D eigenvalue weighted by atomic mass is 32.2. The minimum Gasteiger partial charge on any atom is -0.387 e. The summed E-state index contributed by atoms with van der Waals surface area (Å²) in [7, 11) is 0. The number of thioether (sulfide) groups is 1. The first-order valence-corrected chi connectivity index (χ1v) is 9.58. The van der Waals surface area contributed by atoms with Gasteiger partial charge in [-0.3, -0.25) is 0 Å². The first-order chi connectivity index (χ1) is 9.92. The first kappa shape index (κ1) is 18.7. The lowest BCUT2D eigenvalue weighted by Crippen LogP contribution is -2.33. The minimum absolute atomic E-state index is 0.572. The molecule has 122 valence electrons. The number of rotatable bonds is 9. The number of nitrogens with one attached hydrogen (secondary N) is 1. The molecule has 0 aromatic rings. The fourth-order valence-electron chi connectivity index (χ4n) is 2.71. The molecule has 1 rings (SSSR count). The molecule has 3 atom stereocenters. The summed E-state index contributed by atoms with van der Waals surface area (Å²) in [4.78, 5) is 2.86. The van der Waals surface area contributed by atoms with Crippen LogP contribution in [0.25, 0.3) is 0 Å². The average Bonchev–Trinajstić information content (AvgIpc) is 2.45. The molecule has 2 heteroatoms. The summed E-state index contributed by atoms with van der Waals surface area (Å²) >= 11 is 1.95. The summed E-state index contributed by atoms with van der Waals surface area (Å²) in [6, 6.07) is 0. The van der Waals surface area contributed by atoms with Gasteiger partial charge in [-0.1, -0.05) is 59.9 Å². The van der Waals surface area contributed by atoms with Gasteiger partial charge >= 0.3 is 0 Å². The lowest BCUT2D eigenvalue weighted by molar-refractivity contribution is 0.224. The van der Waals surface area contributed by atoms with Crippen LogP contribution >= 0.6 is 11.8 Å². The molecule has 3 unspecified atom stereocenters. The van der Waals surface area contributed by atoms with Crippen molar-refractivity contribution in [1.82, 2.24) is 5.32 Å². The van der Waals surface area contributed by atoms with Crippen LogP contribution in [-0.2, 0) is 0 Å². The zero-order valence-corrected chi connectivity index (χ0v) is 15.8. The molecule has 0 aromatic carbocycles. The van der Waals surface area contributed by atoms with Gasteiger partial charge in [0.05, 0.1) is 0 Å². The molecule has 1 fully saturated rings. The van der Waals surface area contributed by atoms with Crippen LogP contribution in [0.3, 0.4) is 0 Å². The third kappa shape index (κ3) is 5.09. The van der Waals surface area contributed by atoms with Crippen molar-refractivity contribution in [3.8, 4) is 0 Å². The smallest absolute Gasteiger partial charge is 0.0243 e. The number of hydrogen-bond donors (Lipinski definition) is 1. The Morgan fingerprint density at radius 1 is 1.24 bits per heavy atom. The summed E-state index contributed by atoms with van der Waals surface area (Å²) in [6.07, 6.45) is 5.09. The molecule has 1 nitrogen and oxygen atoms in total. The topological polar surface area (TPSA) is 12.0 Å². The summed E-state index contributed by atoms with van der Waals surface area (Å²) in [5.41, 5.74) is 1.53. The molecule has 0 aliphatic heterocycles. The summed E-state index contributed by atoms with van der Waals surface area (Å²) in [5, 5.41) is 3.76. The van der Waals surface area contributed by atoms with Crippen LogP contribution in [0.2, 0.25) is 0 Å². The van der Waals surface area contributed by atoms with E-state index in [2.05, 4.69) is 53.4 Å². The normalized spacial score (nSPS) is 24.3. The van der Waals surface area contributed by atoms with E-state index in [0.29, 0.717) is 11.8 Å². The molecule has 0 spiro atoms. The summed E-state index contributed by atoms with van der Waals surface area (Å²) < 4.78 is 0. The first-order valence-electron chi connectivity index (χ1n) is 8.76. The molecule has 0 amide bonds. The van der Waals surface area contributed by atoms with Crippen molar-refractivity contribution >= 4 is 11.8 Å². The van der Waals surface area contributed by atoms with E-state index in [1.54, 1.807) is 0 Å². The molecule has 1 aliphatic rings. The Kier molecular flexibility index (Phi) is 7.94. The zero-order chi connectivity index (χ0) is 16.0. The van der Waals surface area contributed by atoms with Crippen molar-refractivity contribution in [2.45, 2.75) is 67.2 Å². The second kappa shape index (κ2) is 8.92. The van der Waals surface area contributed by atoms with Crippen molar-refractivity contribution in [3.05, 3.63) is 22.1 Å². The molecule has 21 heavy (non-hydrogen) atoms. The summed E-state index contributed by atoms with van der Waals surface area (Å²) in [6.45, 7) is 19.2. The van der Waals surface area contributed by atoms with Crippen LogP contribution in [0.15, 0.2) is 22.1 Å². The molecule has 0 aromatic heterocycles. The quantitative estimate of drug-likeness (QED) is 0.544. The second-order valence-electron chi connectivity index (χ2n) is 6.90. The van der Waals surface area contributed by atoms with Gasteiger partial charge in [-0.15, -0.1) is 0 Å². The Balaban J connectivity index is 2.99. The van der Waals surface area contributed by atoms with E-state index < -0.39 is 0 Å². The Morgan fingerprint density at radius 2 is 1.90 bits per heavy atom.